The lowest BCUT2D eigenvalue weighted by atomic mass is 10.1. The summed E-state index contributed by atoms with van der Waals surface area (Å²) in [5, 5.41) is 10.0. The van der Waals surface area contributed by atoms with Gasteiger partial charge in [-0.3, -0.25) is 4.79 Å². The minimum atomic E-state index is 0.0474. The molecule has 1 aromatic carbocycles. The highest BCUT2D eigenvalue weighted by Crippen LogP contribution is 2.32. The molecule has 1 heterocycles. The third kappa shape index (κ3) is 1.87. The molecule has 0 aliphatic carbocycles. The van der Waals surface area contributed by atoms with Crippen molar-refractivity contribution in [3.8, 4) is 17.1 Å². The predicted octanol–water partition coefficient (Wildman–Crippen LogP) is 2.76. The van der Waals surface area contributed by atoms with Gasteiger partial charge in [-0.05, 0) is 30.3 Å². The molecular formula is C11H6ClO3. The minimum absolute atomic E-state index is 0.0474. The van der Waals surface area contributed by atoms with Gasteiger partial charge in [-0.1, -0.05) is 11.6 Å². The van der Waals surface area contributed by atoms with Crippen molar-refractivity contribution in [3.05, 3.63) is 41.1 Å². The largest absolute Gasteiger partial charge is 0.507 e. The Morgan fingerprint density at radius 1 is 1.27 bits per heavy atom. The van der Waals surface area contributed by atoms with Gasteiger partial charge in [0.2, 0.25) is 0 Å². The molecule has 0 saturated heterocycles. The Balaban J connectivity index is 2.52. The van der Waals surface area contributed by atoms with Gasteiger partial charge in [0.05, 0.1) is 5.56 Å². The first-order chi connectivity index (χ1) is 7.20. The van der Waals surface area contributed by atoms with E-state index in [0.29, 0.717) is 16.3 Å². The zero-order valence-electron chi connectivity index (χ0n) is 7.53. The summed E-state index contributed by atoms with van der Waals surface area (Å²) in [5.41, 5.74) is 0.448. The quantitative estimate of drug-likeness (QED) is 0.848. The summed E-state index contributed by atoms with van der Waals surface area (Å²) in [6.45, 7) is 0. The van der Waals surface area contributed by atoms with Crippen LogP contribution in [0.4, 0.5) is 0 Å². The molecule has 1 aromatic heterocycles. The van der Waals surface area contributed by atoms with Crippen LogP contribution in [0.2, 0.25) is 5.02 Å². The molecule has 3 nitrogen and oxygen atoms in total. The van der Waals surface area contributed by atoms with Crippen LogP contribution in [-0.4, -0.2) is 11.4 Å². The molecule has 0 unspecified atom stereocenters. The topological polar surface area (TPSA) is 50.4 Å². The molecule has 0 bridgehead atoms. The summed E-state index contributed by atoms with van der Waals surface area (Å²) >= 11 is 5.78. The monoisotopic (exact) mass is 221 g/mol. The van der Waals surface area contributed by atoms with E-state index in [1.807, 2.05) is 0 Å². The van der Waals surface area contributed by atoms with Crippen LogP contribution in [0.1, 0.15) is 5.76 Å². The third-order valence-electron chi connectivity index (χ3n) is 1.93. The van der Waals surface area contributed by atoms with E-state index in [-0.39, 0.29) is 11.5 Å². The van der Waals surface area contributed by atoms with Crippen molar-refractivity contribution in [1.82, 2.24) is 0 Å². The lowest BCUT2D eigenvalue weighted by molar-refractivity contribution is 0.472. The number of hydrogen-bond acceptors (Lipinski definition) is 3. The Morgan fingerprint density at radius 2 is 2.07 bits per heavy atom. The molecule has 0 spiro atoms. The van der Waals surface area contributed by atoms with Gasteiger partial charge in [-0.25, -0.2) is 0 Å². The maximum absolute atomic E-state index is 10.3. The van der Waals surface area contributed by atoms with E-state index in [1.165, 1.54) is 12.1 Å². The average Bonchev–Trinajstić information content (AvgIpc) is 2.70. The van der Waals surface area contributed by atoms with Gasteiger partial charge >= 0.3 is 0 Å². The molecule has 4 heteroatoms. The molecule has 0 atom stereocenters. The number of aromatic hydroxyl groups is 1. The molecular weight excluding hydrogens is 216 g/mol. The fraction of sp³-hybridized carbons (Fsp3) is 0. The van der Waals surface area contributed by atoms with Gasteiger partial charge in [0.25, 0.3) is 6.29 Å². The molecule has 0 fully saturated rings. The highest BCUT2D eigenvalue weighted by Gasteiger charge is 2.09. The van der Waals surface area contributed by atoms with Crippen LogP contribution in [0.5, 0.6) is 5.75 Å². The van der Waals surface area contributed by atoms with Gasteiger partial charge in [-0.15, -0.1) is 0 Å². The number of furan rings is 1. The van der Waals surface area contributed by atoms with E-state index in [0.717, 1.165) is 0 Å². The molecule has 0 aliphatic rings. The Bertz CT molecular complexity index is 502. The Morgan fingerprint density at radius 3 is 2.73 bits per heavy atom. The SMILES string of the molecule is O=[C]c1ccc(-c2cc(Cl)ccc2O)o1. The van der Waals surface area contributed by atoms with Gasteiger partial charge in [0.15, 0.2) is 5.76 Å². The van der Waals surface area contributed by atoms with E-state index in [2.05, 4.69) is 0 Å². The number of halogens is 1. The fourth-order valence-corrected chi connectivity index (χ4v) is 1.42. The first kappa shape index (κ1) is 9.80. The zero-order valence-corrected chi connectivity index (χ0v) is 8.28. The maximum atomic E-state index is 10.3. The van der Waals surface area contributed by atoms with Gasteiger partial charge < -0.3 is 9.52 Å². The van der Waals surface area contributed by atoms with Crippen molar-refractivity contribution in [1.29, 1.82) is 0 Å². The lowest BCUT2D eigenvalue weighted by Crippen LogP contribution is -1.76. The molecule has 1 N–H and O–H groups in total. The first-order valence-electron chi connectivity index (χ1n) is 4.17. The Labute approximate surface area is 90.9 Å². The van der Waals surface area contributed by atoms with Crippen LogP contribution < -0.4 is 0 Å². The second kappa shape index (κ2) is 3.79. The van der Waals surface area contributed by atoms with Crippen molar-refractivity contribution in [2.75, 3.05) is 0 Å². The molecule has 2 rings (SSSR count). The highest BCUT2D eigenvalue weighted by molar-refractivity contribution is 6.30. The summed E-state index contributed by atoms with van der Waals surface area (Å²) in [4.78, 5) is 10.3. The van der Waals surface area contributed by atoms with Crippen LogP contribution in [-0.2, 0) is 4.79 Å². The standard InChI is InChI=1S/C11H6ClO3/c12-7-1-3-10(14)9(5-7)11-4-2-8(6-13)15-11/h1-5,14H. The molecule has 0 saturated carbocycles. The van der Waals surface area contributed by atoms with Crippen molar-refractivity contribution < 1.29 is 14.3 Å². The smallest absolute Gasteiger partial charge is 0.271 e. The first-order valence-corrected chi connectivity index (χ1v) is 4.55. The second-order valence-electron chi connectivity index (χ2n) is 2.93. The summed E-state index contributed by atoms with van der Waals surface area (Å²) < 4.78 is 5.11. The number of phenolic OH excluding ortho intramolecular Hbond substituents is 1. The lowest BCUT2D eigenvalue weighted by Gasteiger charge is -2.00. The predicted molar refractivity (Wildman–Crippen MR) is 55.6 cm³/mol. The van der Waals surface area contributed by atoms with Crippen LogP contribution in [0.25, 0.3) is 11.3 Å². The number of phenols is 1. The van der Waals surface area contributed by atoms with Crippen LogP contribution >= 0.6 is 11.6 Å². The summed E-state index contributed by atoms with van der Waals surface area (Å²) in [5.74, 6) is 0.518. The molecule has 0 aliphatic heterocycles. The third-order valence-corrected chi connectivity index (χ3v) is 2.17. The number of benzene rings is 1. The Kier molecular flexibility index (Phi) is 2.47. The summed E-state index contributed by atoms with van der Waals surface area (Å²) in [6, 6.07) is 7.64. The summed E-state index contributed by atoms with van der Waals surface area (Å²) in [6.07, 6.45) is 1.62. The van der Waals surface area contributed by atoms with Crippen LogP contribution in [0, 0.1) is 0 Å². The number of rotatable bonds is 2. The number of carbonyl (C=O) groups excluding carboxylic acids is 1. The zero-order chi connectivity index (χ0) is 10.8. The van der Waals surface area contributed by atoms with Gasteiger partial charge in [0, 0.05) is 5.02 Å². The second-order valence-corrected chi connectivity index (χ2v) is 3.36. The van der Waals surface area contributed by atoms with Crippen LogP contribution in [0.15, 0.2) is 34.7 Å². The molecule has 0 amide bonds. The summed E-state index contributed by atoms with van der Waals surface area (Å²) in [7, 11) is 0. The Hall–Kier alpha value is -1.74. The van der Waals surface area contributed by atoms with E-state index in [9.17, 15) is 9.90 Å². The average molecular weight is 222 g/mol. The molecule has 15 heavy (non-hydrogen) atoms. The van der Waals surface area contributed by atoms with Crippen molar-refractivity contribution in [2.45, 2.75) is 0 Å². The van der Waals surface area contributed by atoms with Gasteiger partial charge in [-0.2, -0.15) is 0 Å². The van der Waals surface area contributed by atoms with Crippen molar-refractivity contribution in [3.63, 3.8) is 0 Å². The van der Waals surface area contributed by atoms with E-state index >= 15 is 0 Å². The minimum Gasteiger partial charge on any atom is -0.507 e. The molecule has 1 radical (unpaired) electrons. The van der Waals surface area contributed by atoms with Crippen LogP contribution in [0.3, 0.4) is 0 Å². The van der Waals surface area contributed by atoms with E-state index in [4.69, 9.17) is 16.0 Å². The van der Waals surface area contributed by atoms with Crippen molar-refractivity contribution in [2.24, 2.45) is 0 Å². The van der Waals surface area contributed by atoms with Crippen molar-refractivity contribution >= 4 is 17.9 Å². The maximum Gasteiger partial charge on any atom is 0.271 e. The van der Waals surface area contributed by atoms with E-state index in [1.54, 1.807) is 24.5 Å². The fourth-order valence-electron chi connectivity index (χ4n) is 1.24. The number of hydrogen-bond donors (Lipinski definition) is 1. The normalized spacial score (nSPS) is 10.2. The van der Waals surface area contributed by atoms with E-state index < -0.39 is 0 Å². The van der Waals surface area contributed by atoms with Gasteiger partial charge in [0.1, 0.15) is 11.5 Å². The highest BCUT2D eigenvalue weighted by atomic mass is 35.5. The molecule has 75 valence electrons. The molecule has 2 aromatic rings.